The lowest BCUT2D eigenvalue weighted by Crippen LogP contribution is -2.42. The highest BCUT2D eigenvalue weighted by Crippen LogP contribution is 2.22. The van der Waals surface area contributed by atoms with Crippen molar-refractivity contribution in [3.8, 4) is 0 Å². The number of carbonyl (C=O) groups excluding carboxylic acids is 1. The average Bonchev–Trinajstić information content (AvgIpc) is 2.74. The first kappa shape index (κ1) is 15.2. The quantitative estimate of drug-likeness (QED) is 0.877. The highest BCUT2D eigenvalue weighted by Gasteiger charge is 2.25. The molecule has 18 heavy (non-hydrogen) atoms. The number of nitrogens with two attached hydrogens (primary N) is 1. The Labute approximate surface area is 117 Å². The van der Waals surface area contributed by atoms with Crippen molar-refractivity contribution in [2.45, 2.75) is 27.2 Å². The fraction of sp³-hybridized carbons (Fsp3) is 0.615. The van der Waals surface area contributed by atoms with Gasteiger partial charge in [-0.2, -0.15) is 0 Å². The van der Waals surface area contributed by atoms with Crippen LogP contribution >= 0.6 is 15.9 Å². The van der Waals surface area contributed by atoms with Crippen molar-refractivity contribution >= 4 is 21.8 Å². The zero-order chi connectivity index (χ0) is 13.8. The Kier molecular flexibility index (Phi) is 5.41. The molecule has 4 nitrogen and oxygen atoms in total. The van der Waals surface area contributed by atoms with Crippen LogP contribution in [0.3, 0.4) is 0 Å². The van der Waals surface area contributed by atoms with Crippen LogP contribution in [0.25, 0.3) is 0 Å². The van der Waals surface area contributed by atoms with Crippen LogP contribution in [-0.4, -0.2) is 30.4 Å². The van der Waals surface area contributed by atoms with Gasteiger partial charge in [-0.1, -0.05) is 20.8 Å². The molecule has 0 aliphatic rings. The third-order valence-corrected chi connectivity index (χ3v) is 3.41. The third kappa shape index (κ3) is 3.85. The maximum absolute atomic E-state index is 12.4. The van der Waals surface area contributed by atoms with Crippen LogP contribution < -0.4 is 5.73 Å². The first-order valence-corrected chi connectivity index (χ1v) is 6.93. The van der Waals surface area contributed by atoms with Gasteiger partial charge in [-0.05, 0) is 40.4 Å². The molecular weight excluding hydrogens is 296 g/mol. The normalized spacial score (nSPS) is 11.6. The maximum Gasteiger partial charge on any atom is 0.258 e. The summed E-state index contributed by atoms with van der Waals surface area (Å²) in [7, 11) is 0. The second-order valence-electron chi connectivity index (χ2n) is 5.20. The van der Waals surface area contributed by atoms with Crippen LogP contribution in [0.5, 0.6) is 0 Å². The molecule has 0 atom stereocenters. The van der Waals surface area contributed by atoms with Gasteiger partial charge in [-0.25, -0.2) is 0 Å². The Morgan fingerprint density at radius 2 is 2.22 bits per heavy atom. The summed E-state index contributed by atoms with van der Waals surface area (Å²) in [6.07, 6.45) is 2.43. The molecule has 2 N–H and O–H groups in total. The average molecular weight is 317 g/mol. The van der Waals surface area contributed by atoms with Gasteiger partial charge >= 0.3 is 0 Å². The van der Waals surface area contributed by atoms with Crippen LogP contribution in [0.1, 0.15) is 37.6 Å². The van der Waals surface area contributed by atoms with E-state index in [9.17, 15) is 4.79 Å². The second kappa shape index (κ2) is 6.38. The molecule has 5 heteroatoms. The predicted octanol–water partition coefficient (Wildman–Crippen LogP) is 2.88. The maximum atomic E-state index is 12.4. The molecule has 0 aromatic carbocycles. The van der Waals surface area contributed by atoms with E-state index in [1.165, 1.54) is 6.26 Å². The number of furan rings is 1. The summed E-state index contributed by atoms with van der Waals surface area (Å²) in [5, 5.41) is 0. The molecular formula is C13H21BrN2O2. The zero-order valence-corrected chi connectivity index (χ0v) is 12.8. The number of rotatable bonds is 6. The molecule has 1 heterocycles. The Balaban J connectivity index is 2.85. The number of carbonyl (C=O) groups is 1. The minimum atomic E-state index is -0.0823. The predicted molar refractivity (Wildman–Crippen MR) is 75.4 cm³/mol. The lowest BCUT2D eigenvalue weighted by Gasteiger charge is -2.31. The standard InChI is InChI=1S/C13H21BrN2O2/c1-4-6-16(9-13(2,3)8-15)12(17)10-5-7-18-11(10)14/h5,7H,4,6,8-9,15H2,1-3H3. The van der Waals surface area contributed by atoms with Crippen LogP contribution in [0.4, 0.5) is 0 Å². The van der Waals surface area contributed by atoms with Gasteiger partial charge in [0.2, 0.25) is 0 Å². The number of halogens is 1. The molecule has 1 aromatic heterocycles. The first-order valence-electron chi connectivity index (χ1n) is 6.13. The Bertz CT molecular complexity index is 401. The Hall–Kier alpha value is -0.810. The van der Waals surface area contributed by atoms with Crippen LogP contribution in [0.2, 0.25) is 0 Å². The van der Waals surface area contributed by atoms with Crippen molar-refractivity contribution < 1.29 is 9.21 Å². The summed E-state index contributed by atoms with van der Waals surface area (Å²) < 4.78 is 5.60. The molecule has 0 spiro atoms. The molecule has 0 saturated heterocycles. The molecule has 1 amide bonds. The molecule has 0 bridgehead atoms. The molecule has 1 rings (SSSR count). The summed E-state index contributed by atoms with van der Waals surface area (Å²) in [5.41, 5.74) is 6.22. The van der Waals surface area contributed by atoms with Gasteiger partial charge in [0.05, 0.1) is 11.8 Å². The van der Waals surface area contributed by atoms with E-state index in [0.29, 0.717) is 23.3 Å². The smallest absolute Gasteiger partial charge is 0.258 e. The molecule has 0 aliphatic heterocycles. The SMILES string of the molecule is CCCN(CC(C)(C)CN)C(=O)c1ccoc1Br. The van der Waals surface area contributed by atoms with Crippen LogP contribution in [0, 0.1) is 5.41 Å². The van der Waals surface area contributed by atoms with E-state index in [4.69, 9.17) is 10.2 Å². The molecule has 0 aliphatic carbocycles. The van der Waals surface area contributed by atoms with Gasteiger partial charge in [0.15, 0.2) is 4.67 Å². The highest BCUT2D eigenvalue weighted by atomic mass is 79.9. The van der Waals surface area contributed by atoms with E-state index in [0.717, 1.165) is 13.0 Å². The van der Waals surface area contributed by atoms with Crippen molar-refractivity contribution in [1.82, 2.24) is 4.90 Å². The molecule has 0 saturated carbocycles. The van der Waals surface area contributed by atoms with Crippen molar-refractivity contribution in [3.63, 3.8) is 0 Å². The molecule has 102 valence electrons. The summed E-state index contributed by atoms with van der Waals surface area (Å²) in [5.74, 6) is -0.0148. The van der Waals surface area contributed by atoms with E-state index in [2.05, 4.69) is 36.7 Å². The Morgan fingerprint density at radius 1 is 1.56 bits per heavy atom. The summed E-state index contributed by atoms with van der Waals surface area (Å²) in [6.45, 7) is 8.10. The summed E-state index contributed by atoms with van der Waals surface area (Å²) in [6, 6.07) is 1.69. The lowest BCUT2D eigenvalue weighted by molar-refractivity contribution is 0.0687. The fourth-order valence-electron chi connectivity index (χ4n) is 1.72. The van der Waals surface area contributed by atoms with Crippen molar-refractivity contribution in [2.24, 2.45) is 11.1 Å². The van der Waals surface area contributed by atoms with E-state index >= 15 is 0 Å². The van der Waals surface area contributed by atoms with E-state index in [1.54, 1.807) is 6.07 Å². The van der Waals surface area contributed by atoms with Crippen LogP contribution in [-0.2, 0) is 0 Å². The van der Waals surface area contributed by atoms with Gasteiger partial charge < -0.3 is 15.1 Å². The minimum Gasteiger partial charge on any atom is -0.457 e. The molecule has 0 radical (unpaired) electrons. The summed E-state index contributed by atoms with van der Waals surface area (Å²) in [4.78, 5) is 14.2. The van der Waals surface area contributed by atoms with Gasteiger partial charge in [0.1, 0.15) is 0 Å². The fourth-order valence-corrected chi connectivity index (χ4v) is 2.13. The lowest BCUT2D eigenvalue weighted by atomic mass is 9.93. The van der Waals surface area contributed by atoms with Gasteiger partial charge in [0, 0.05) is 13.1 Å². The first-order chi connectivity index (χ1) is 8.41. The minimum absolute atomic E-state index is 0.0148. The Morgan fingerprint density at radius 3 is 2.67 bits per heavy atom. The third-order valence-electron chi connectivity index (χ3n) is 2.80. The van der Waals surface area contributed by atoms with E-state index < -0.39 is 0 Å². The van der Waals surface area contributed by atoms with Gasteiger partial charge in [-0.15, -0.1) is 0 Å². The molecule has 0 unspecified atom stereocenters. The summed E-state index contributed by atoms with van der Waals surface area (Å²) >= 11 is 3.24. The van der Waals surface area contributed by atoms with E-state index in [-0.39, 0.29) is 11.3 Å². The number of nitrogens with zero attached hydrogens (tertiary/aromatic N) is 1. The van der Waals surface area contributed by atoms with Crippen molar-refractivity contribution in [3.05, 3.63) is 22.6 Å². The highest BCUT2D eigenvalue weighted by molar-refractivity contribution is 9.10. The van der Waals surface area contributed by atoms with Crippen molar-refractivity contribution in [1.29, 1.82) is 0 Å². The molecule has 1 aromatic rings. The number of amides is 1. The number of hydrogen-bond donors (Lipinski definition) is 1. The van der Waals surface area contributed by atoms with Gasteiger partial charge in [-0.3, -0.25) is 4.79 Å². The second-order valence-corrected chi connectivity index (χ2v) is 5.92. The number of hydrogen-bond acceptors (Lipinski definition) is 3. The topological polar surface area (TPSA) is 59.5 Å². The van der Waals surface area contributed by atoms with Crippen LogP contribution in [0.15, 0.2) is 21.4 Å². The zero-order valence-electron chi connectivity index (χ0n) is 11.2. The largest absolute Gasteiger partial charge is 0.457 e. The monoisotopic (exact) mass is 316 g/mol. The van der Waals surface area contributed by atoms with Gasteiger partial charge in [0.25, 0.3) is 5.91 Å². The van der Waals surface area contributed by atoms with Crippen molar-refractivity contribution in [2.75, 3.05) is 19.6 Å². The van der Waals surface area contributed by atoms with E-state index in [1.807, 2.05) is 4.90 Å². The molecule has 0 fully saturated rings.